The maximum Gasteiger partial charge on any atom is 0.132 e. The molecule has 0 heterocycles. The summed E-state index contributed by atoms with van der Waals surface area (Å²) < 4.78 is 33.0. The van der Waals surface area contributed by atoms with Crippen molar-refractivity contribution in [3.8, 4) is 0 Å². The Kier molecular flexibility index (Phi) is 92.5. The molecule has 0 fully saturated rings. The molecule has 1 rings (SSSR count). The maximum absolute atomic E-state index is 12.7. The smallest absolute Gasteiger partial charge is 0.132 e. The van der Waals surface area contributed by atoms with Crippen molar-refractivity contribution in [1.82, 2.24) is 0 Å². The largest absolute Gasteiger partial charge is 0.381 e. The molecule has 1 aromatic rings. The molecule has 0 saturated carbocycles. The van der Waals surface area contributed by atoms with Gasteiger partial charge < -0.3 is 18.9 Å². The lowest BCUT2D eigenvalue weighted by Gasteiger charge is -2.12. The second-order valence-corrected chi connectivity index (χ2v) is 13.1. The molecule has 0 saturated heterocycles. The fourth-order valence-electron chi connectivity index (χ4n) is 4.08. The van der Waals surface area contributed by atoms with Crippen LogP contribution in [0.4, 0.5) is 4.39 Å². The predicted molar refractivity (Wildman–Crippen MR) is 261 cm³/mol. The summed E-state index contributed by atoms with van der Waals surface area (Å²) in [5.74, 6) is 2.08. The Labute approximate surface area is 368 Å². The number of methoxy groups -OCH3 is 4. The first kappa shape index (κ1) is 87.3. The summed E-state index contributed by atoms with van der Waals surface area (Å²) in [4.78, 5) is 42.8. The molecule has 4 atom stereocenters. The van der Waals surface area contributed by atoms with Crippen LogP contribution in [0.5, 0.6) is 0 Å². The van der Waals surface area contributed by atoms with Crippen LogP contribution in [-0.2, 0) is 43.9 Å². The fraction of sp³-hybridized carbons (Fsp3) is 0.750. The van der Waals surface area contributed by atoms with Crippen LogP contribution in [0, 0.1) is 5.82 Å². The number of ether oxygens (including phenoxy) is 4. The standard InChI is InChI=1S/C13H17FO2S.C11H20O2.C9H18O2.C6H12O2.9CH4/c1-10(15)7-13(16-2)9-17-8-11-3-5-12(14)6-4-11;1-4-5-6-7-8-11(13-3)9-10(2)12;1-4-5-6-9(11-3)7-8(2)10;1-5(7)4-6(2)8-3;;;;;;;;;/h3-6,13H,7-9H2,1-2H3;6-7,11H,4-5,8-9H2,1-3H3;9H,4-7H2,1-3H3;6H,4H2,1-3H3;9*1H4. The van der Waals surface area contributed by atoms with Gasteiger partial charge in [0.2, 0.25) is 0 Å². The van der Waals surface area contributed by atoms with Crippen molar-refractivity contribution in [2.24, 2.45) is 0 Å². The maximum atomic E-state index is 12.7. The lowest BCUT2D eigenvalue weighted by molar-refractivity contribution is -0.120. The van der Waals surface area contributed by atoms with Gasteiger partial charge in [0.1, 0.15) is 29.0 Å². The van der Waals surface area contributed by atoms with Gasteiger partial charge in [0, 0.05) is 65.6 Å². The Hall–Kier alpha value is -2.24. The highest BCUT2D eigenvalue weighted by molar-refractivity contribution is 7.98. The first-order chi connectivity index (χ1) is 23.2. The first-order valence-corrected chi connectivity index (χ1v) is 18.4. The van der Waals surface area contributed by atoms with Crippen molar-refractivity contribution < 1.29 is 42.5 Å². The molecular weight excluding hydrogens is 756 g/mol. The molecule has 0 aliphatic heterocycles. The lowest BCUT2D eigenvalue weighted by atomic mass is 10.1. The first-order valence-electron chi connectivity index (χ1n) is 17.2. The molecule has 0 aliphatic rings. The Morgan fingerprint density at radius 1 is 0.603 bits per heavy atom. The van der Waals surface area contributed by atoms with E-state index in [1.165, 1.54) is 18.6 Å². The van der Waals surface area contributed by atoms with Crippen LogP contribution in [0.25, 0.3) is 0 Å². The highest BCUT2D eigenvalue weighted by atomic mass is 32.2. The molecule has 0 amide bonds. The Balaban J connectivity index is -0.0000000476. The van der Waals surface area contributed by atoms with Gasteiger partial charge in [0.15, 0.2) is 0 Å². The summed E-state index contributed by atoms with van der Waals surface area (Å²) in [6.07, 6.45) is 13.0. The molecule has 10 heteroatoms. The van der Waals surface area contributed by atoms with Gasteiger partial charge in [0.05, 0.1) is 24.4 Å². The Morgan fingerprint density at radius 2 is 1.02 bits per heavy atom. The third-order valence-corrected chi connectivity index (χ3v) is 8.05. The van der Waals surface area contributed by atoms with Crippen molar-refractivity contribution in [2.45, 2.75) is 210 Å². The number of hydrogen-bond donors (Lipinski definition) is 0. The second-order valence-electron chi connectivity index (χ2n) is 12.0. The fourth-order valence-corrected chi connectivity index (χ4v) is 5.14. The average Bonchev–Trinajstić information content (AvgIpc) is 3.04. The number of Topliss-reactive ketones (excluding diaryl/α,β-unsaturated/α-hetero) is 4. The van der Waals surface area contributed by atoms with E-state index >= 15 is 0 Å². The third-order valence-electron chi connectivity index (χ3n) is 6.91. The van der Waals surface area contributed by atoms with Gasteiger partial charge in [-0.2, -0.15) is 11.8 Å². The molecule has 0 N–H and O–H groups in total. The molecule has 0 bridgehead atoms. The summed E-state index contributed by atoms with van der Waals surface area (Å²) in [6.45, 7) is 12.5. The van der Waals surface area contributed by atoms with Crippen LogP contribution < -0.4 is 0 Å². The number of carbonyl (C=O) groups is 4. The number of ketones is 4. The highest BCUT2D eigenvalue weighted by Crippen LogP contribution is 2.16. The normalized spacial score (nSPS) is 11.0. The average molecular weight is 859 g/mol. The number of unbranched alkanes of at least 4 members (excludes halogenated alkanes) is 2. The van der Waals surface area contributed by atoms with E-state index in [0.717, 1.165) is 49.2 Å². The zero-order chi connectivity index (χ0) is 38.0. The second kappa shape index (κ2) is 61.4. The minimum Gasteiger partial charge on any atom is -0.381 e. The van der Waals surface area contributed by atoms with E-state index in [9.17, 15) is 23.6 Å². The van der Waals surface area contributed by atoms with Gasteiger partial charge in [0.25, 0.3) is 0 Å². The summed E-state index contributed by atoms with van der Waals surface area (Å²) >= 11 is 1.69. The zero-order valence-corrected chi connectivity index (χ0v) is 33.1. The van der Waals surface area contributed by atoms with E-state index in [1.807, 2.05) is 6.92 Å². The molecule has 0 spiro atoms. The minimum absolute atomic E-state index is 0. The number of rotatable bonds is 23. The van der Waals surface area contributed by atoms with Crippen molar-refractivity contribution in [3.63, 3.8) is 0 Å². The van der Waals surface area contributed by atoms with Crippen LogP contribution in [0.1, 0.15) is 185 Å². The van der Waals surface area contributed by atoms with Gasteiger partial charge in [-0.25, -0.2) is 4.39 Å². The molecule has 8 nitrogen and oxygen atoms in total. The third kappa shape index (κ3) is 65.6. The number of carbonyl (C=O) groups excluding carboxylic acids is 4. The molecular formula is C48H103FO8S. The zero-order valence-electron chi connectivity index (χ0n) is 32.3. The SMILES string of the molecule is C.C.C.C.C.C.C.C.C.CCCC=CCC(CC(C)=O)OC.CCCCC(CC(C)=O)OC.COC(C)CC(C)=O.COC(CSCc1ccc(F)cc1)CC(C)=O. The summed E-state index contributed by atoms with van der Waals surface area (Å²) in [7, 11) is 6.55. The van der Waals surface area contributed by atoms with Crippen molar-refractivity contribution in [2.75, 3.05) is 34.2 Å². The number of hydrogen-bond acceptors (Lipinski definition) is 9. The molecule has 58 heavy (non-hydrogen) atoms. The molecule has 356 valence electrons. The highest BCUT2D eigenvalue weighted by Gasteiger charge is 2.11. The Bertz CT molecular complexity index is 1000. The van der Waals surface area contributed by atoms with Gasteiger partial charge in [-0.15, -0.1) is 0 Å². The van der Waals surface area contributed by atoms with Crippen LogP contribution in [0.15, 0.2) is 36.4 Å². The van der Waals surface area contributed by atoms with E-state index in [2.05, 4.69) is 26.0 Å². The summed E-state index contributed by atoms with van der Waals surface area (Å²) in [5, 5.41) is 0. The Morgan fingerprint density at radius 3 is 1.36 bits per heavy atom. The van der Waals surface area contributed by atoms with Gasteiger partial charge in [-0.1, -0.05) is 124 Å². The van der Waals surface area contributed by atoms with Crippen molar-refractivity contribution in [3.05, 3.63) is 47.8 Å². The van der Waals surface area contributed by atoms with E-state index in [-0.39, 0.29) is 120 Å². The van der Waals surface area contributed by atoms with Crippen molar-refractivity contribution >= 4 is 34.9 Å². The lowest BCUT2D eigenvalue weighted by Crippen LogP contribution is -2.17. The van der Waals surface area contributed by atoms with Gasteiger partial charge in [-0.05, 0) is 71.6 Å². The number of thioether (sulfide) groups is 1. The molecule has 0 aliphatic carbocycles. The van der Waals surface area contributed by atoms with Crippen LogP contribution >= 0.6 is 11.8 Å². The van der Waals surface area contributed by atoms with E-state index in [1.54, 1.807) is 80.0 Å². The van der Waals surface area contributed by atoms with Crippen LogP contribution in [-0.4, -0.2) is 81.7 Å². The summed E-state index contributed by atoms with van der Waals surface area (Å²) in [6, 6.07) is 6.46. The van der Waals surface area contributed by atoms with Gasteiger partial charge in [-0.3, -0.25) is 19.2 Å². The van der Waals surface area contributed by atoms with E-state index < -0.39 is 0 Å². The molecule has 0 aromatic heterocycles. The molecule has 4 unspecified atom stereocenters. The van der Waals surface area contributed by atoms with Crippen molar-refractivity contribution in [1.29, 1.82) is 0 Å². The summed E-state index contributed by atoms with van der Waals surface area (Å²) in [5.41, 5.74) is 1.08. The number of benzene rings is 1. The molecule has 1 aromatic carbocycles. The van der Waals surface area contributed by atoms with Crippen LogP contribution in [0.3, 0.4) is 0 Å². The monoisotopic (exact) mass is 859 g/mol. The van der Waals surface area contributed by atoms with E-state index in [4.69, 9.17) is 18.9 Å². The quantitative estimate of drug-likeness (QED) is 0.0995. The van der Waals surface area contributed by atoms with E-state index in [0.29, 0.717) is 25.7 Å². The molecule has 0 radical (unpaired) electrons. The topological polar surface area (TPSA) is 105 Å². The number of halogens is 1. The number of allylic oxidation sites excluding steroid dienone is 1. The van der Waals surface area contributed by atoms with Gasteiger partial charge >= 0.3 is 0 Å². The predicted octanol–water partition coefficient (Wildman–Crippen LogP) is 14.7. The van der Waals surface area contributed by atoms with Crippen LogP contribution in [0.2, 0.25) is 0 Å². The minimum atomic E-state index is -0.218.